The van der Waals surface area contributed by atoms with Gasteiger partial charge in [0.15, 0.2) is 6.23 Å². The molecule has 27 heavy (non-hydrogen) atoms. The lowest BCUT2D eigenvalue weighted by molar-refractivity contribution is -0.109. The molecular formula is C18H30BrN3O5. The molecule has 2 atom stereocenters. The molecule has 0 saturated carbocycles. The van der Waals surface area contributed by atoms with Crippen LogP contribution in [-0.4, -0.2) is 50.6 Å². The van der Waals surface area contributed by atoms with Crippen molar-refractivity contribution < 1.29 is 24.2 Å². The molecule has 0 heterocycles. The molecule has 0 fully saturated rings. The van der Waals surface area contributed by atoms with Crippen LogP contribution in [-0.2, 0) is 16.0 Å². The molecule has 5 N–H and O–H groups in total. The second kappa shape index (κ2) is 15.2. The monoisotopic (exact) mass is 447 g/mol. The van der Waals surface area contributed by atoms with Crippen molar-refractivity contribution in [1.82, 2.24) is 10.6 Å². The van der Waals surface area contributed by atoms with Crippen LogP contribution in [0.1, 0.15) is 31.7 Å². The van der Waals surface area contributed by atoms with E-state index in [4.69, 9.17) is 15.3 Å². The van der Waals surface area contributed by atoms with Crippen molar-refractivity contribution in [3.8, 4) is 5.75 Å². The molecule has 8 nitrogen and oxygen atoms in total. The van der Waals surface area contributed by atoms with Crippen LogP contribution in [0, 0.1) is 0 Å². The molecule has 0 aliphatic carbocycles. The maximum atomic E-state index is 11.0. The average Bonchev–Trinajstić information content (AvgIpc) is 2.67. The van der Waals surface area contributed by atoms with Gasteiger partial charge in [-0.15, -0.1) is 0 Å². The highest BCUT2D eigenvalue weighted by atomic mass is 79.9. The van der Waals surface area contributed by atoms with Gasteiger partial charge in [-0.1, -0.05) is 25.8 Å². The molecule has 0 aliphatic rings. The Hall–Kier alpha value is -1.84. The van der Waals surface area contributed by atoms with Crippen LogP contribution in [0.3, 0.4) is 0 Å². The van der Waals surface area contributed by atoms with E-state index in [-0.39, 0.29) is 0 Å². The predicted molar refractivity (Wildman–Crippen MR) is 108 cm³/mol. The summed E-state index contributed by atoms with van der Waals surface area (Å²) in [6, 6.07) is 5.59. The number of amides is 2. The number of carbonyl (C=O) groups excluding carboxylic acids is 2. The van der Waals surface area contributed by atoms with E-state index in [9.17, 15) is 9.90 Å². The van der Waals surface area contributed by atoms with Gasteiger partial charge in [0.05, 0.1) is 11.6 Å². The first-order valence-corrected chi connectivity index (χ1v) is 9.50. The largest absolute Gasteiger partial charge is 0.472 e. The topological polar surface area (TPSA) is 123 Å². The number of hydrogen-bond donors (Lipinski definition) is 4. The number of benzene rings is 1. The van der Waals surface area contributed by atoms with Gasteiger partial charge >= 0.3 is 6.09 Å². The second-order valence-electron chi connectivity index (χ2n) is 5.63. The van der Waals surface area contributed by atoms with Crippen molar-refractivity contribution in [2.24, 2.45) is 5.73 Å². The summed E-state index contributed by atoms with van der Waals surface area (Å²) >= 11 is 3.44. The van der Waals surface area contributed by atoms with Gasteiger partial charge in [0, 0.05) is 13.6 Å². The van der Waals surface area contributed by atoms with Crippen molar-refractivity contribution in [2.75, 3.05) is 20.7 Å². The van der Waals surface area contributed by atoms with Crippen molar-refractivity contribution in [3.05, 3.63) is 28.2 Å². The van der Waals surface area contributed by atoms with E-state index >= 15 is 0 Å². The van der Waals surface area contributed by atoms with Crippen molar-refractivity contribution in [3.63, 3.8) is 0 Å². The van der Waals surface area contributed by atoms with E-state index in [0.717, 1.165) is 22.9 Å². The maximum Gasteiger partial charge on any atom is 0.406 e. The second-order valence-corrected chi connectivity index (χ2v) is 6.49. The van der Waals surface area contributed by atoms with Gasteiger partial charge in [-0.05, 0) is 46.5 Å². The quantitative estimate of drug-likeness (QED) is 0.321. The Labute approximate surface area is 168 Å². The number of ether oxygens (including phenoxy) is 2. The fourth-order valence-corrected chi connectivity index (χ4v) is 2.50. The standard InChI is InChI=1S/C16H25BrN2O4.C2H5NO/c1-3-4-5-13(20)15(18)23-14-7-6-11(10-12(14)17)8-9-19-16(21)22-2;1-3-2-4/h6-7,10,13,15,20H,3-5,8-9,18H2,1-2H3,(H,19,21);2H,1H3,(H,3,4). The SMILES string of the molecule is CCCCC(O)C(N)Oc1ccc(CCNC(=O)OC)cc1Br.CNC=O. The molecular weight excluding hydrogens is 418 g/mol. The van der Waals surface area contributed by atoms with Crippen LogP contribution in [0.5, 0.6) is 5.75 Å². The molecule has 154 valence electrons. The average molecular weight is 448 g/mol. The third-order valence-electron chi connectivity index (χ3n) is 3.48. The molecule has 0 bridgehead atoms. The van der Waals surface area contributed by atoms with E-state index in [1.165, 1.54) is 7.11 Å². The van der Waals surface area contributed by atoms with Gasteiger partial charge in [-0.2, -0.15) is 0 Å². The zero-order chi connectivity index (χ0) is 20.7. The van der Waals surface area contributed by atoms with E-state index in [1.54, 1.807) is 13.1 Å². The lowest BCUT2D eigenvalue weighted by Gasteiger charge is -2.21. The molecule has 2 amide bonds. The Morgan fingerprint density at radius 2 is 2.11 bits per heavy atom. The summed E-state index contributed by atoms with van der Waals surface area (Å²) in [5.41, 5.74) is 6.90. The number of alkyl carbamates (subject to hydrolysis) is 1. The zero-order valence-corrected chi connectivity index (χ0v) is 17.6. The van der Waals surface area contributed by atoms with E-state index in [1.807, 2.05) is 12.1 Å². The third kappa shape index (κ3) is 11.5. The lowest BCUT2D eigenvalue weighted by atomic mass is 10.1. The Morgan fingerprint density at radius 3 is 2.63 bits per heavy atom. The molecule has 9 heteroatoms. The first kappa shape index (κ1) is 25.2. The summed E-state index contributed by atoms with van der Waals surface area (Å²) in [6.07, 6.45) is 1.92. The Balaban J connectivity index is 0.00000153. The number of aliphatic hydroxyl groups is 1. The Morgan fingerprint density at radius 1 is 1.44 bits per heavy atom. The smallest absolute Gasteiger partial charge is 0.406 e. The summed E-state index contributed by atoms with van der Waals surface area (Å²) in [4.78, 5) is 20.0. The minimum Gasteiger partial charge on any atom is -0.472 e. The van der Waals surface area contributed by atoms with E-state index in [0.29, 0.717) is 31.5 Å². The van der Waals surface area contributed by atoms with Crippen LogP contribution in [0.4, 0.5) is 4.79 Å². The van der Waals surface area contributed by atoms with Crippen LogP contribution >= 0.6 is 15.9 Å². The number of methoxy groups -OCH3 is 1. The van der Waals surface area contributed by atoms with E-state index < -0.39 is 18.4 Å². The molecule has 0 saturated heterocycles. The van der Waals surface area contributed by atoms with Gasteiger partial charge in [0.1, 0.15) is 11.9 Å². The van der Waals surface area contributed by atoms with Crippen LogP contribution < -0.4 is 21.1 Å². The molecule has 1 aromatic rings. The third-order valence-corrected chi connectivity index (χ3v) is 4.10. The zero-order valence-electron chi connectivity index (χ0n) is 16.0. The first-order chi connectivity index (χ1) is 12.9. The fraction of sp³-hybridized carbons (Fsp3) is 0.556. The van der Waals surface area contributed by atoms with Gasteiger partial charge in [-0.25, -0.2) is 4.79 Å². The number of carbonyl (C=O) groups is 2. The summed E-state index contributed by atoms with van der Waals surface area (Å²) in [6.45, 7) is 2.54. The Kier molecular flexibility index (Phi) is 14.2. The molecule has 0 aromatic heterocycles. The molecule has 0 radical (unpaired) electrons. The maximum absolute atomic E-state index is 11.0. The first-order valence-electron chi connectivity index (χ1n) is 8.71. The van der Waals surface area contributed by atoms with E-state index in [2.05, 4.69) is 38.2 Å². The fourth-order valence-electron chi connectivity index (χ4n) is 1.98. The Bertz CT molecular complexity index is 560. The number of unbranched alkanes of at least 4 members (excludes halogenated alkanes) is 1. The number of aliphatic hydroxyl groups excluding tert-OH is 1. The molecule has 0 spiro atoms. The van der Waals surface area contributed by atoms with Crippen molar-refractivity contribution in [2.45, 2.75) is 44.9 Å². The number of halogens is 1. The van der Waals surface area contributed by atoms with Crippen molar-refractivity contribution in [1.29, 1.82) is 0 Å². The van der Waals surface area contributed by atoms with Crippen LogP contribution in [0.25, 0.3) is 0 Å². The van der Waals surface area contributed by atoms with Gasteiger partial charge in [0.2, 0.25) is 6.41 Å². The minimum atomic E-state index is -0.760. The summed E-state index contributed by atoms with van der Waals surface area (Å²) in [5, 5.41) is 14.8. The number of nitrogens with two attached hydrogens (primary N) is 1. The normalized spacial score (nSPS) is 12.1. The highest BCUT2D eigenvalue weighted by molar-refractivity contribution is 9.10. The summed E-state index contributed by atoms with van der Waals surface area (Å²) in [5.74, 6) is 0.581. The minimum absolute atomic E-state index is 0.448. The number of nitrogens with one attached hydrogen (secondary N) is 2. The van der Waals surface area contributed by atoms with Crippen LogP contribution in [0.2, 0.25) is 0 Å². The van der Waals surface area contributed by atoms with Gasteiger partial charge in [0.25, 0.3) is 0 Å². The highest BCUT2D eigenvalue weighted by Gasteiger charge is 2.17. The summed E-state index contributed by atoms with van der Waals surface area (Å²) < 4.78 is 10.9. The lowest BCUT2D eigenvalue weighted by Crippen LogP contribution is -2.39. The predicted octanol–water partition coefficient (Wildman–Crippen LogP) is 1.92. The number of rotatable bonds is 10. The van der Waals surface area contributed by atoms with Gasteiger partial charge < -0.3 is 25.2 Å². The van der Waals surface area contributed by atoms with Gasteiger partial charge in [-0.3, -0.25) is 10.5 Å². The van der Waals surface area contributed by atoms with Crippen molar-refractivity contribution >= 4 is 28.4 Å². The summed E-state index contributed by atoms with van der Waals surface area (Å²) in [7, 11) is 2.89. The molecule has 0 aliphatic heterocycles. The molecule has 1 aromatic carbocycles. The molecule has 2 unspecified atom stereocenters. The highest BCUT2D eigenvalue weighted by Crippen LogP contribution is 2.27. The molecule has 1 rings (SSSR count). The number of hydrogen-bond acceptors (Lipinski definition) is 6. The van der Waals surface area contributed by atoms with Crippen LogP contribution in [0.15, 0.2) is 22.7 Å².